The van der Waals surface area contributed by atoms with E-state index in [0.29, 0.717) is 36.4 Å². The number of amides is 2. The van der Waals surface area contributed by atoms with Crippen molar-refractivity contribution in [3.8, 4) is 11.4 Å². The Morgan fingerprint density at radius 3 is 2.77 bits per heavy atom. The summed E-state index contributed by atoms with van der Waals surface area (Å²) in [5, 5.41) is 7.55. The van der Waals surface area contributed by atoms with Crippen LogP contribution < -0.4 is 5.32 Å². The second kappa shape index (κ2) is 7.17. The van der Waals surface area contributed by atoms with E-state index in [1.54, 1.807) is 17.0 Å². The minimum absolute atomic E-state index is 0.0675. The predicted octanol–water partition coefficient (Wildman–Crippen LogP) is 3.70. The van der Waals surface area contributed by atoms with Crippen molar-refractivity contribution in [3.63, 3.8) is 0 Å². The minimum Gasteiger partial charge on any atom is -0.339 e. The van der Waals surface area contributed by atoms with Gasteiger partial charge in [-0.15, -0.1) is 0 Å². The molecule has 0 atom stereocenters. The number of hydrogen-bond donors (Lipinski definition) is 1. The van der Waals surface area contributed by atoms with Crippen LogP contribution in [-0.4, -0.2) is 34.2 Å². The Hall–Kier alpha value is -2.86. The summed E-state index contributed by atoms with van der Waals surface area (Å²) in [7, 11) is 0. The molecule has 0 radical (unpaired) electrons. The van der Waals surface area contributed by atoms with Gasteiger partial charge in [0, 0.05) is 30.2 Å². The van der Waals surface area contributed by atoms with Crippen molar-refractivity contribution in [1.29, 1.82) is 0 Å². The highest BCUT2D eigenvalue weighted by Crippen LogP contribution is 2.28. The van der Waals surface area contributed by atoms with E-state index >= 15 is 0 Å². The van der Waals surface area contributed by atoms with Crippen LogP contribution in [-0.2, 0) is 6.54 Å². The van der Waals surface area contributed by atoms with Crippen LogP contribution in [0, 0.1) is 0 Å². The highest BCUT2D eigenvalue weighted by atomic mass is 35.5. The van der Waals surface area contributed by atoms with Crippen LogP contribution in [0.4, 0.5) is 4.79 Å². The Labute approximate surface area is 155 Å². The molecule has 26 heavy (non-hydrogen) atoms. The minimum atomic E-state index is -0.0836. The first kappa shape index (κ1) is 16.6. The van der Waals surface area contributed by atoms with Gasteiger partial charge in [0.15, 0.2) is 0 Å². The van der Waals surface area contributed by atoms with Gasteiger partial charge >= 0.3 is 6.03 Å². The number of likely N-dealkylation sites (tertiary alicyclic amines) is 1. The summed E-state index contributed by atoms with van der Waals surface area (Å²) in [6.45, 7) is 1.65. The van der Waals surface area contributed by atoms with Gasteiger partial charge < -0.3 is 14.7 Å². The molecule has 6 nitrogen and oxygen atoms in total. The standard InChI is InChI=1S/C19H17ClN4O2/c20-16-8-4-7-14(9-16)17-22-18(26-23-17)15-11-24(12-15)19(25)21-10-13-5-2-1-3-6-13/h1-9,15H,10-12H2,(H,21,25). The largest absolute Gasteiger partial charge is 0.339 e. The summed E-state index contributed by atoms with van der Waals surface area (Å²) in [6.07, 6.45) is 0. The molecule has 1 aliphatic heterocycles. The summed E-state index contributed by atoms with van der Waals surface area (Å²) in [6, 6.07) is 17.0. The monoisotopic (exact) mass is 368 g/mol. The van der Waals surface area contributed by atoms with Crippen molar-refractivity contribution in [2.45, 2.75) is 12.5 Å². The molecule has 132 valence electrons. The van der Waals surface area contributed by atoms with E-state index in [4.69, 9.17) is 16.1 Å². The summed E-state index contributed by atoms with van der Waals surface area (Å²) < 4.78 is 5.36. The van der Waals surface area contributed by atoms with Crippen molar-refractivity contribution in [2.24, 2.45) is 0 Å². The van der Waals surface area contributed by atoms with Crippen molar-refractivity contribution < 1.29 is 9.32 Å². The summed E-state index contributed by atoms with van der Waals surface area (Å²) in [4.78, 5) is 18.3. The van der Waals surface area contributed by atoms with E-state index in [1.807, 2.05) is 42.5 Å². The van der Waals surface area contributed by atoms with Crippen molar-refractivity contribution in [3.05, 3.63) is 71.1 Å². The molecule has 1 N–H and O–H groups in total. The lowest BCUT2D eigenvalue weighted by Gasteiger charge is -2.36. The number of benzene rings is 2. The Balaban J connectivity index is 1.31. The maximum absolute atomic E-state index is 12.2. The molecule has 0 saturated carbocycles. The molecule has 0 spiro atoms. The van der Waals surface area contributed by atoms with Crippen molar-refractivity contribution >= 4 is 17.6 Å². The topological polar surface area (TPSA) is 71.3 Å². The Kier molecular flexibility index (Phi) is 4.58. The number of nitrogens with one attached hydrogen (secondary N) is 1. The van der Waals surface area contributed by atoms with Gasteiger partial charge in [-0.1, -0.05) is 59.2 Å². The van der Waals surface area contributed by atoms with E-state index in [-0.39, 0.29) is 11.9 Å². The molecular formula is C19H17ClN4O2. The summed E-state index contributed by atoms with van der Waals surface area (Å²) >= 11 is 5.99. The fourth-order valence-electron chi connectivity index (χ4n) is 2.83. The fourth-order valence-corrected chi connectivity index (χ4v) is 3.02. The number of nitrogens with zero attached hydrogens (tertiary/aromatic N) is 3. The summed E-state index contributed by atoms with van der Waals surface area (Å²) in [5.41, 5.74) is 1.88. The first-order valence-corrected chi connectivity index (χ1v) is 8.73. The molecule has 1 aromatic heterocycles. The number of halogens is 1. The number of carbonyl (C=O) groups excluding carboxylic acids is 1. The Morgan fingerprint density at radius 2 is 2.00 bits per heavy atom. The van der Waals surface area contributed by atoms with Crippen LogP contribution in [0.2, 0.25) is 5.02 Å². The number of aromatic nitrogens is 2. The number of hydrogen-bond acceptors (Lipinski definition) is 4. The lowest BCUT2D eigenvalue weighted by Crippen LogP contribution is -2.52. The first-order chi connectivity index (χ1) is 12.7. The zero-order valence-electron chi connectivity index (χ0n) is 13.9. The van der Waals surface area contributed by atoms with Crippen LogP contribution in [0.3, 0.4) is 0 Å². The fraction of sp³-hybridized carbons (Fsp3) is 0.211. The molecule has 0 aliphatic carbocycles. The summed E-state index contributed by atoms with van der Waals surface area (Å²) in [5.74, 6) is 1.12. The molecule has 2 heterocycles. The second-order valence-electron chi connectivity index (χ2n) is 6.21. The average Bonchev–Trinajstić information content (AvgIpc) is 3.09. The SMILES string of the molecule is O=C(NCc1ccccc1)N1CC(c2nc(-c3cccc(Cl)c3)no2)C1. The maximum Gasteiger partial charge on any atom is 0.317 e. The maximum atomic E-state index is 12.2. The molecule has 1 saturated heterocycles. The van der Waals surface area contributed by atoms with Crippen molar-refractivity contribution in [2.75, 3.05) is 13.1 Å². The van der Waals surface area contributed by atoms with E-state index in [0.717, 1.165) is 11.1 Å². The molecule has 3 aromatic rings. The highest BCUT2D eigenvalue weighted by molar-refractivity contribution is 6.30. The van der Waals surface area contributed by atoms with Crippen molar-refractivity contribution in [1.82, 2.24) is 20.4 Å². The van der Waals surface area contributed by atoms with E-state index in [1.165, 1.54) is 0 Å². The number of rotatable bonds is 4. The molecule has 1 fully saturated rings. The third-order valence-electron chi connectivity index (χ3n) is 4.33. The second-order valence-corrected chi connectivity index (χ2v) is 6.65. The number of carbonyl (C=O) groups is 1. The van der Waals surface area contributed by atoms with Crippen LogP contribution in [0.25, 0.3) is 11.4 Å². The van der Waals surface area contributed by atoms with E-state index in [2.05, 4.69) is 15.5 Å². The van der Waals surface area contributed by atoms with Gasteiger partial charge in [0.2, 0.25) is 11.7 Å². The molecule has 2 aromatic carbocycles. The average molecular weight is 369 g/mol. The zero-order valence-corrected chi connectivity index (χ0v) is 14.7. The van der Waals surface area contributed by atoms with Crippen LogP contribution >= 0.6 is 11.6 Å². The van der Waals surface area contributed by atoms with Crippen LogP contribution in [0.1, 0.15) is 17.4 Å². The Morgan fingerprint density at radius 1 is 1.19 bits per heavy atom. The van der Waals surface area contributed by atoms with Crippen LogP contribution in [0.5, 0.6) is 0 Å². The predicted molar refractivity (Wildman–Crippen MR) is 97.7 cm³/mol. The lowest BCUT2D eigenvalue weighted by molar-refractivity contribution is 0.136. The van der Waals surface area contributed by atoms with Gasteiger partial charge in [-0.25, -0.2) is 4.79 Å². The normalized spacial score (nSPS) is 14.1. The van der Waals surface area contributed by atoms with Gasteiger partial charge in [-0.3, -0.25) is 0 Å². The molecule has 0 unspecified atom stereocenters. The third-order valence-corrected chi connectivity index (χ3v) is 4.56. The highest BCUT2D eigenvalue weighted by Gasteiger charge is 2.35. The van der Waals surface area contributed by atoms with Gasteiger partial charge in [0.05, 0.1) is 5.92 Å². The Bertz CT molecular complexity index is 907. The van der Waals surface area contributed by atoms with Gasteiger partial charge in [-0.2, -0.15) is 4.98 Å². The van der Waals surface area contributed by atoms with E-state index < -0.39 is 0 Å². The van der Waals surface area contributed by atoms with Gasteiger partial charge in [0.25, 0.3) is 0 Å². The first-order valence-electron chi connectivity index (χ1n) is 8.35. The molecule has 2 amide bonds. The number of urea groups is 1. The molecular weight excluding hydrogens is 352 g/mol. The van der Waals surface area contributed by atoms with Gasteiger partial charge in [0.1, 0.15) is 0 Å². The van der Waals surface area contributed by atoms with E-state index in [9.17, 15) is 4.79 Å². The van der Waals surface area contributed by atoms with Crippen LogP contribution in [0.15, 0.2) is 59.1 Å². The molecule has 4 rings (SSSR count). The molecule has 1 aliphatic rings. The quantitative estimate of drug-likeness (QED) is 0.762. The smallest absolute Gasteiger partial charge is 0.317 e. The molecule has 7 heteroatoms. The zero-order chi connectivity index (χ0) is 17.9. The lowest BCUT2D eigenvalue weighted by atomic mass is 10.0. The molecule has 0 bridgehead atoms. The third kappa shape index (κ3) is 3.55. The van der Waals surface area contributed by atoms with Gasteiger partial charge in [-0.05, 0) is 17.7 Å².